The molecule has 0 radical (unpaired) electrons. The number of thiocarbonyl (C=S) groups is 1. The van der Waals surface area contributed by atoms with E-state index in [9.17, 15) is 4.39 Å². The molecule has 3 nitrogen and oxygen atoms in total. The zero-order valence-corrected chi connectivity index (χ0v) is 12.2. The zero-order chi connectivity index (χ0) is 12.8. The first kappa shape index (κ1) is 14.3. The molecule has 0 aliphatic heterocycles. The molecule has 0 aliphatic carbocycles. The molecule has 0 bridgehead atoms. The minimum absolute atomic E-state index is 0.332. The normalized spacial score (nSPS) is 10.4. The van der Waals surface area contributed by atoms with Crippen molar-refractivity contribution in [3.8, 4) is 0 Å². The van der Waals surface area contributed by atoms with Crippen LogP contribution in [0.3, 0.4) is 0 Å². The van der Waals surface area contributed by atoms with Crippen molar-refractivity contribution in [1.29, 1.82) is 0 Å². The highest BCUT2D eigenvalue weighted by molar-refractivity contribution is 9.10. The first-order valence-corrected chi connectivity index (χ1v) is 6.48. The Bertz CT molecular complexity index is 398. The van der Waals surface area contributed by atoms with Crippen LogP contribution in [0.5, 0.6) is 0 Å². The highest BCUT2D eigenvalue weighted by Gasteiger charge is 2.04. The van der Waals surface area contributed by atoms with Crippen LogP contribution in [-0.2, 0) is 0 Å². The van der Waals surface area contributed by atoms with E-state index in [1.807, 2.05) is 0 Å². The Morgan fingerprint density at radius 3 is 2.76 bits per heavy atom. The Hall–Kier alpha value is -0.720. The van der Waals surface area contributed by atoms with Gasteiger partial charge >= 0.3 is 0 Å². The number of nitrogens with one attached hydrogen (secondary N) is 3. The van der Waals surface area contributed by atoms with Crippen LogP contribution in [0.25, 0.3) is 0 Å². The third kappa shape index (κ3) is 5.43. The fraction of sp³-hybridized carbons (Fsp3) is 0.364. The van der Waals surface area contributed by atoms with Crippen LogP contribution < -0.4 is 15.5 Å². The summed E-state index contributed by atoms with van der Waals surface area (Å²) < 4.78 is 14.2. The molecule has 0 heterocycles. The second kappa shape index (κ2) is 6.88. The van der Waals surface area contributed by atoms with Crippen LogP contribution in [0, 0.1) is 5.82 Å². The molecule has 1 rings (SSSR count). The van der Waals surface area contributed by atoms with E-state index in [2.05, 4.69) is 40.7 Å². The number of likely N-dealkylation sites (N-methyl/N-ethyl adjacent to an activating group) is 1. The van der Waals surface area contributed by atoms with Gasteiger partial charge in [0.25, 0.3) is 0 Å². The highest BCUT2D eigenvalue weighted by Crippen LogP contribution is 2.18. The van der Waals surface area contributed by atoms with E-state index in [0.29, 0.717) is 15.3 Å². The molecule has 1 aromatic carbocycles. The Morgan fingerprint density at radius 1 is 1.47 bits per heavy atom. The molecule has 0 saturated carbocycles. The van der Waals surface area contributed by atoms with Gasteiger partial charge in [-0.3, -0.25) is 0 Å². The molecular weight excluding hydrogens is 305 g/mol. The van der Waals surface area contributed by atoms with Gasteiger partial charge in [-0.25, -0.2) is 4.39 Å². The van der Waals surface area contributed by atoms with Gasteiger partial charge < -0.3 is 15.5 Å². The number of halogens is 2. The summed E-state index contributed by atoms with van der Waals surface area (Å²) in [6.45, 7) is 1.71. The molecule has 0 fully saturated rings. The van der Waals surface area contributed by atoms with E-state index in [1.165, 1.54) is 11.0 Å². The fourth-order valence-electron chi connectivity index (χ4n) is 1.18. The van der Waals surface area contributed by atoms with Gasteiger partial charge in [-0.05, 0) is 30.4 Å². The van der Waals surface area contributed by atoms with Gasteiger partial charge in [0.2, 0.25) is 0 Å². The van der Waals surface area contributed by atoms with Crippen molar-refractivity contribution >= 4 is 38.9 Å². The molecule has 94 valence electrons. The largest absolute Gasteiger partial charge is 0.357 e. The van der Waals surface area contributed by atoms with E-state index < -0.39 is 0 Å². The number of benzene rings is 1. The topological polar surface area (TPSA) is 28.5 Å². The maximum Gasteiger partial charge on any atom is 0.171 e. The van der Waals surface area contributed by atoms with Gasteiger partial charge in [0.1, 0.15) is 5.82 Å². The third-order valence-corrected chi connectivity index (χ3v) is 2.83. The lowest BCUT2D eigenvalue weighted by Gasteiger charge is -2.12. The Morgan fingerprint density at radius 2 is 2.18 bits per heavy atom. The molecule has 0 spiro atoms. The van der Waals surface area contributed by atoms with Crippen LogP contribution in [0.4, 0.5) is 10.1 Å². The maximum absolute atomic E-state index is 13.5. The molecule has 0 aromatic heterocycles. The maximum atomic E-state index is 13.5. The summed E-state index contributed by atoms with van der Waals surface area (Å²) in [5.74, 6) is -0.332. The summed E-state index contributed by atoms with van der Waals surface area (Å²) in [4.78, 5) is 1.33. The van der Waals surface area contributed by atoms with Crippen molar-refractivity contribution in [2.75, 3.05) is 32.5 Å². The molecule has 0 saturated heterocycles. The minimum Gasteiger partial charge on any atom is -0.357 e. The molecule has 6 heteroatoms. The van der Waals surface area contributed by atoms with E-state index >= 15 is 0 Å². The fourth-order valence-corrected chi connectivity index (χ4v) is 1.73. The molecule has 1 aromatic rings. The standard InChI is InChI=1S/C11H15BrFN3S/c1-16(2)6-5-14-11(17)15-10-4-3-8(12)7-9(10)13/h3-4,7H,5-6H2,1-2H3,(H2,14,15,17)/p+1. The number of rotatable bonds is 4. The van der Waals surface area contributed by atoms with Crippen molar-refractivity contribution in [2.24, 2.45) is 0 Å². The van der Waals surface area contributed by atoms with Crippen LogP contribution in [0.15, 0.2) is 22.7 Å². The lowest BCUT2D eigenvalue weighted by Crippen LogP contribution is -3.06. The molecule has 0 unspecified atom stereocenters. The lowest BCUT2D eigenvalue weighted by molar-refractivity contribution is -0.856. The van der Waals surface area contributed by atoms with E-state index in [4.69, 9.17) is 12.2 Å². The van der Waals surface area contributed by atoms with Crippen LogP contribution in [0.1, 0.15) is 0 Å². The van der Waals surface area contributed by atoms with Gasteiger partial charge in [-0.1, -0.05) is 15.9 Å². The van der Waals surface area contributed by atoms with E-state index in [-0.39, 0.29) is 5.82 Å². The summed E-state index contributed by atoms with van der Waals surface area (Å²) >= 11 is 8.27. The Balaban J connectivity index is 2.45. The summed E-state index contributed by atoms with van der Waals surface area (Å²) in [6.07, 6.45) is 0. The van der Waals surface area contributed by atoms with Crippen LogP contribution in [-0.4, -0.2) is 32.3 Å². The summed E-state index contributed by atoms with van der Waals surface area (Å²) in [5, 5.41) is 6.29. The first-order valence-electron chi connectivity index (χ1n) is 5.28. The average Bonchev–Trinajstić information content (AvgIpc) is 2.21. The van der Waals surface area contributed by atoms with Gasteiger partial charge in [-0.2, -0.15) is 0 Å². The van der Waals surface area contributed by atoms with E-state index in [0.717, 1.165) is 13.1 Å². The lowest BCUT2D eigenvalue weighted by atomic mass is 10.3. The molecule has 17 heavy (non-hydrogen) atoms. The van der Waals surface area contributed by atoms with Crippen molar-refractivity contribution in [3.63, 3.8) is 0 Å². The van der Waals surface area contributed by atoms with Crippen molar-refractivity contribution in [3.05, 3.63) is 28.5 Å². The number of hydrogen-bond acceptors (Lipinski definition) is 1. The summed E-state index contributed by atoms with van der Waals surface area (Å²) in [6, 6.07) is 4.80. The first-order chi connectivity index (χ1) is 7.99. The van der Waals surface area contributed by atoms with Crippen molar-refractivity contribution in [1.82, 2.24) is 5.32 Å². The second-order valence-corrected chi connectivity index (χ2v) is 5.29. The Kier molecular flexibility index (Phi) is 5.80. The summed E-state index contributed by atoms with van der Waals surface area (Å²) in [5.41, 5.74) is 0.378. The summed E-state index contributed by atoms with van der Waals surface area (Å²) in [7, 11) is 4.12. The predicted molar refractivity (Wildman–Crippen MR) is 76.0 cm³/mol. The van der Waals surface area contributed by atoms with Gasteiger partial charge in [0, 0.05) is 4.47 Å². The van der Waals surface area contributed by atoms with Crippen LogP contribution in [0.2, 0.25) is 0 Å². The molecule has 0 atom stereocenters. The monoisotopic (exact) mass is 320 g/mol. The minimum atomic E-state index is -0.332. The zero-order valence-electron chi connectivity index (χ0n) is 9.81. The number of quaternary nitrogens is 1. The average molecular weight is 321 g/mol. The van der Waals surface area contributed by atoms with Gasteiger partial charge in [-0.15, -0.1) is 0 Å². The molecule has 0 amide bonds. The number of anilines is 1. The quantitative estimate of drug-likeness (QED) is 0.723. The van der Waals surface area contributed by atoms with Crippen LogP contribution >= 0.6 is 28.1 Å². The second-order valence-electron chi connectivity index (χ2n) is 3.96. The Labute approximate surface area is 115 Å². The predicted octanol–water partition coefficient (Wildman–Crippen LogP) is 1.02. The third-order valence-electron chi connectivity index (χ3n) is 2.09. The van der Waals surface area contributed by atoms with Gasteiger partial charge in [0.05, 0.1) is 32.9 Å². The SMILES string of the molecule is C[NH+](C)CCNC(=S)Nc1ccc(Br)cc1F. The smallest absolute Gasteiger partial charge is 0.171 e. The van der Waals surface area contributed by atoms with Crippen molar-refractivity contribution < 1.29 is 9.29 Å². The highest BCUT2D eigenvalue weighted by atomic mass is 79.9. The van der Waals surface area contributed by atoms with Crippen molar-refractivity contribution in [2.45, 2.75) is 0 Å². The van der Waals surface area contributed by atoms with Gasteiger partial charge in [0.15, 0.2) is 5.11 Å². The molecule has 0 aliphatic rings. The molecular formula is C11H16BrFN3S+. The number of hydrogen-bond donors (Lipinski definition) is 3. The van der Waals surface area contributed by atoms with E-state index in [1.54, 1.807) is 12.1 Å². The molecule has 3 N–H and O–H groups in total.